The molecule has 1 N–H and O–H groups in total. The number of rotatable bonds is 9. The number of methoxy groups -OCH3 is 1. The van der Waals surface area contributed by atoms with E-state index < -0.39 is 6.04 Å². The van der Waals surface area contributed by atoms with Crippen molar-refractivity contribution in [3.05, 3.63) is 119 Å². The van der Waals surface area contributed by atoms with Crippen molar-refractivity contribution in [1.82, 2.24) is 20.3 Å². The highest BCUT2D eigenvalue weighted by Gasteiger charge is 2.35. The normalized spacial score (nSPS) is 11.7. The summed E-state index contributed by atoms with van der Waals surface area (Å²) in [6.07, 6.45) is 0. The molecule has 0 radical (unpaired) electrons. The molecule has 0 bridgehead atoms. The first-order valence-electron chi connectivity index (χ1n) is 13.1. The smallest absolute Gasteiger partial charge is 0.249 e. The summed E-state index contributed by atoms with van der Waals surface area (Å²) in [6, 6.07) is 29.3. The molecule has 0 aliphatic rings. The summed E-state index contributed by atoms with van der Waals surface area (Å²) in [5, 5.41) is 11.5. The summed E-state index contributed by atoms with van der Waals surface area (Å²) in [7, 11) is 1.58. The molecule has 0 spiro atoms. The molecule has 1 atom stereocenters. The van der Waals surface area contributed by atoms with Crippen LogP contribution < -0.4 is 15.0 Å². The van der Waals surface area contributed by atoms with Crippen LogP contribution in [0.2, 0.25) is 0 Å². The van der Waals surface area contributed by atoms with Gasteiger partial charge in [0.1, 0.15) is 23.9 Å². The largest absolute Gasteiger partial charge is 0.497 e. The summed E-state index contributed by atoms with van der Waals surface area (Å²) < 4.78 is 7.06. The predicted molar refractivity (Wildman–Crippen MR) is 155 cm³/mol. The molecule has 2 amide bonds. The van der Waals surface area contributed by atoms with Crippen LogP contribution in [0, 0.1) is 13.8 Å². The number of fused-ring (bicyclic) bond motifs is 1. The first kappa shape index (κ1) is 26.6. The summed E-state index contributed by atoms with van der Waals surface area (Å²) in [6.45, 7) is 4.11. The van der Waals surface area contributed by atoms with E-state index in [1.165, 1.54) is 0 Å². The van der Waals surface area contributed by atoms with Crippen molar-refractivity contribution in [2.24, 2.45) is 0 Å². The van der Waals surface area contributed by atoms with E-state index in [1.54, 1.807) is 22.8 Å². The van der Waals surface area contributed by atoms with Gasteiger partial charge in [-0.15, -0.1) is 5.10 Å². The molecular formula is C32H31N5O3. The Morgan fingerprint density at radius 1 is 0.900 bits per heavy atom. The van der Waals surface area contributed by atoms with Gasteiger partial charge in [-0.3, -0.25) is 14.5 Å². The van der Waals surface area contributed by atoms with E-state index >= 15 is 0 Å². The quantitative estimate of drug-likeness (QED) is 0.283. The van der Waals surface area contributed by atoms with Gasteiger partial charge in [-0.1, -0.05) is 78.0 Å². The maximum atomic E-state index is 14.3. The molecule has 0 aliphatic carbocycles. The van der Waals surface area contributed by atoms with E-state index in [1.807, 2.05) is 105 Å². The molecule has 8 nitrogen and oxygen atoms in total. The minimum absolute atomic E-state index is 0.0965. The van der Waals surface area contributed by atoms with Crippen molar-refractivity contribution >= 4 is 28.5 Å². The number of hydrogen-bond donors (Lipinski definition) is 1. The summed E-state index contributed by atoms with van der Waals surface area (Å²) in [5.41, 5.74) is 5.45. The third-order valence-electron chi connectivity index (χ3n) is 6.88. The number of para-hydroxylation sites is 2. The fourth-order valence-electron chi connectivity index (χ4n) is 4.93. The molecule has 0 unspecified atom stereocenters. The molecule has 5 aromatic rings. The lowest BCUT2D eigenvalue weighted by Gasteiger charge is -2.34. The minimum atomic E-state index is -0.971. The van der Waals surface area contributed by atoms with Crippen LogP contribution in [0.4, 0.5) is 5.69 Å². The maximum absolute atomic E-state index is 14.3. The average Bonchev–Trinajstić information content (AvgIpc) is 3.38. The molecule has 5 rings (SSSR count). The number of hydrogen-bond acceptors (Lipinski definition) is 5. The van der Waals surface area contributed by atoms with E-state index in [0.29, 0.717) is 29.1 Å². The van der Waals surface area contributed by atoms with Crippen LogP contribution in [0.5, 0.6) is 5.75 Å². The number of carbonyl (C=O) groups excluding carboxylic acids is 2. The highest BCUT2D eigenvalue weighted by atomic mass is 16.5. The van der Waals surface area contributed by atoms with Crippen LogP contribution in [-0.4, -0.2) is 33.9 Å². The van der Waals surface area contributed by atoms with Gasteiger partial charge >= 0.3 is 0 Å². The fraction of sp³-hybridized carbons (Fsp3) is 0.188. The number of nitrogens with one attached hydrogen (secondary N) is 1. The number of amides is 2. The topological polar surface area (TPSA) is 89.4 Å². The van der Waals surface area contributed by atoms with Crippen molar-refractivity contribution in [1.29, 1.82) is 0 Å². The molecule has 4 aromatic carbocycles. The zero-order chi connectivity index (χ0) is 28.1. The Hall–Kier alpha value is -4.98. The third-order valence-corrected chi connectivity index (χ3v) is 6.88. The SMILES string of the molecule is COc1cccc([C@H](C(=O)NCc2ccccc2)N(C(=O)Cn2nnc3ccccc32)c2c(C)cccc2C)c1. The molecule has 40 heavy (non-hydrogen) atoms. The molecule has 0 saturated heterocycles. The molecule has 0 saturated carbocycles. The van der Waals surface area contributed by atoms with Gasteiger partial charge in [-0.25, -0.2) is 4.68 Å². The number of nitrogens with zero attached hydrogens (tertiary/aromatic N) is 4. The molecular weight excluding hydrogens is 502 g/mol. The van der Waals surface area contributed by atoms with Crippen LogP contribution in [0.3, 0.4) is 0 Å². The van der Waals surface area contributed by atoms with Gasteiger partial charge < -0.3 is 10.1 Å². The number of ether oxygens (including phenoxy) is 1. The van der Waals surface area contributed by atoms with Gasteiger partial charge in [0.25, 0.3) is 0 Å². The summed E-state index contributed by atoms with van der Waals surface area (Å²) in [5.74, 6) is -0.0122. The zero-order valence-corrected chi connectivity index (χ0v) is 22.7. The molecule has 1 heterocycles. The van der Waals surface area contributed by atoms with E-state index in [4.69, 9.17) is 4.74 Å². The number of aromatic nitrogens is 3. The minimum Gasteiger partial charge on any atom is -0.497 e. The van der Waals surface area contributed by atoms with Gasteiger partial charge in [-0.2, -0.15) is 0 Å². The first-order valence-corrected chi connectivity index (χ1v) is 13.1. The number of aryl methyl sites for hydroxylation is 2. The van der Waals surface area contributed by atoms with Gasteiger partial charge in [0.05, 0.1) is 18.3 Å². The van der Waals surface area contributed by atoms with E-state index in [0.717, 1.165) is 22.2 Å². The lowest BCUT2D eigenvalue weighted by molar-refractivity contribution is -0.127. The van der Waals surface area contributed by atoms with Crippen LogP contribution in [0.1, 0.15) is 28.3 Å². The second-order valence-electron chi connectivity index (χ2n) is 9.62. The van der Waals surface area contributed by atoms with Crippen molar-refractivity contribution < 1.29 is 14.3 Å². The Labute approximate surface area is 233 Å². The van der Waals surface area contributed by atoms with Crippen LogP contribution in [0.25, 0.3) is 11.0 Å². The molecule has 0 aliphatic heterocycles. The first-order chi connectivity index (χ1) is 19.5. The second-order valence-corrected chi connectivity index (χ2v) is 9.62. The predicted octanol–water partition coefficient (Wildman–Crippen LogP) is 5.15. The average molecular weight is 534 g/mol. The summed E-state index contributed by atoms with van der Waals surface area (Å²) in [4.78, 5) is 30.0. The Kier molecular flexibility index (Phi) is 7.87. The highest BCUT2D eigenvalue weighted by Crippen LogP contribution is 2.34. The van der Waals surface area contributed by atoms with Gasteiger partial charge in [-0.05, 0) is 60.4 Å². The lowest BCUT2D eigenvalue weighted by atomic mass is 9.99. The summed E-state index contributed by atoms with van der Waals surface area (Å²) >= 11 is 0. The lowest BCUT2D eigenvalue weighted by Crippen LogP contribution is -2.45. The maximum Gasteiger partial charge on any atom is 0.249 e. The van der Waals surface area contributed by atoms with E-state index in [2.05, 4.69) is 15.6 Å². The molecule has 0 fully saturated rings. The van der Waals surface area contributed by atoms with Crippen LogP contribution >= 0.6 is 0 Å². The molecule has 8 heteroatoms. The number of benzene rings is 4. The van der Waals surface area contributed by atoms with Gasteiger partial charge in [0.15, 0.2) is 0 Å². The zero-order valence-electron chi connectivity index (χ0n) is 22.7. The Morgan fingerprint density at radius 3 is 2.35 bits per heavy atom. The van der Waals surface area contributed by atoms with Crippen molar-refractivity contribution in [3.63, 3.8) is 0 Å². The van der Waals surface area contributed by atoms with Crippen molar-refractivity contribution in [3.8, 4) is 5.75 Å². The van der Waals surface area contributed by atoms with E-state index in [9.17, 15) is 9.59 Å². The van der Waals surface area contributed by atoms with E-state index in [-0.39, 0.29) is 18.4 Å². The fourth-order valence-corrected chi connectivity index (χ4v) is 4.93. The standard InChI is InChI=1S/C32H31N5O3/c1-22-11-9-12-23(2)30(22)37(29(38)21-36-28-18-8-7-17-27(28)34-35-36)31(25-15-10-16-26(19-25)40-3)32(39)33-20-24-13-5-4-6-14-24/h4-19,31H,20-21H2,1-3H3,(H,33,39)/t31-/m1/s1. The number of carbonyl (C=O) groups is 2. The molecule has 202 valence electrons. The Bertz CT molecular complexity index is 1630. The van der Waals surface area contributed by atoms with Crippen LogP contribution in [-0.2, 0) is 22.7 Å². The Morgan fingerprint density at radius 2 is 1.60 bits per heavy atom. The van der Waals surface area contributed by atoms with Crippen LogP contribution in [0.15, 0.2) is 97.1 Å². The van der Waals surface area contributed by atoms with Crippen molar-refractivity contribution in [2.75, 3.05) is 12.0 Å². The monoisotopic (exact) mass is 533 g/mol. The van der Waals surface area contributed by atoms with Gasteiger partial charge in [0, 0.05) is 6.54 Å². The third kappa shape index (κ3) is 5.56. The van der Waals surface area contributed by atoms with Gasteiger partial charge in [0.2, 0.25) is 11.8 Å². The van der Waals surface area contributed by atoms with Crippen molar-refractivity contribution in [2.45, 2.75) is 33.0 Å². The second kappa shape index (κ2) is 11.8. The highest BCUT2D eigenvalue weighted by molar-refractivity contribution is 6.02. The number of anilines is 1. The molecule has 1 aromatic heterocycles. The Balaban J connectivity index is 1.61.